The molecule has 3 unspecified atom stereocenters. The van der Waals surface area contributed by atoms with Gasteiger partial charge in [-0.15, -0.1) is 0 Å². The fourth-order valence-corrected chi connectivity index (χ4v) is 6.74. The number of hydrogen-bond acceptors (Lipinski definition) is 8. The standard InChI is InChI=1S/C37H46N2O8/c1-5-6-7-8-9-18-38(21-25-10-16-30(44-3)32(19-25)45-4)34(40)23-39-22-29(27-13-17-31-33(20-27)47-24-46-31)35(37(41)42)36(39)26-11-14-28(43-2)15-12-26/h10-17,19-20,29,35-36H,5-9,18,21-24H2,1-4H3,(H,41,42). The average Bonchev–Trinajstić information content (AvgIpc) is 3.72. The van der Waals surface area contributed by atoms with Gasteiger partial charge >= 0.3 is 5.97 Å². The van der Waals surface area contributed by atoms with Crippen LogP contribution in [0.1, 0.15) is 67.7 Å². The summed E-state index contributed by atoms with van der Waals surface area (Å²) < 4.78 is 27.5. The van der Waals surface area contributed by atoms with Crippen molar-refractivity contribution in [1.82, 2.24) is 9.80 Å². The van der Waals surface area contributed by atoms with Crippen LogP contribution in [-0.2, 0) is 16.1 Å². The van der Waals surface area contributed by atoms with Crippen LogP contribution >= 0.6 is 0 Å². The number of ether oxygens (including phenoxy) is 5. The molecule has 0 spiro atoms. The molecule has 10 heteroatoms. The lowest BCUT2D eigenvalue weighted by Crippen LogP contribution is -2.41. The number of methoxy groups -OCH3 is 3. The maximum Gasteiger partial charge on any atom is 0.309 e. The lowest BCUT2D eigenvalue weighted by molar-refractivity contribution is -0.144. The summed E-state index contributed by atoms with van der Waals surface area (Å²) >= 11 is 0. The summed E-state index contributed by atoms with van der Waals surface area (Å²) in [5.74, 6) is 1.01. The zero-order valence-electron chi connectivity index (χ0n) is 27.8. The summed E-state index contributed by atoms with van der Waals surface area (Å²) in [6.45, 7) is 3.79. The van der Waals surface area contributed by atoms with Crippen molar-refractivity contribution in [3.8, 4) is 28.7 Å². The topological polar surface area (TPSA) is 107 Å². The minimum atomic E-state index is -0.915. The summed E-state index contributed by atoms with van der Waals surface area (Å²) in [4.78, 5) is 31.2. The number of carboxylic acid groups (broad SMARTS) is 1. The number of amides is 1. The zero-order chi connectivity index (χ0) is 33.3. The molecule has 5 rings (SSSR count). The molecule has 3 aromatic rings. The summed E-state index contributed by atoms with van der Waals surface area (Å²) in [6.07, 6.45) is 5.36. The minimum Gasteiger partial charge on any atom is -0.497 e. The normalized spacial score (nSPS) is 18.6. The predicted molar refractivity (Wildman–Crippen MR) is 177 cm³/mol. The lowest BCUT2D eigenvalue weighted by Gasteiger charge is -2.30. The number of nitrogens with zero attached hydrogens (tertiary/aromatic N) is 2. The van der Waals surface area contributed by atoms with Gasteiger partial charge in [-0.3, -0.25) is 14.5 Å². The number of carboxylic acids is 1. The SMILES string of the molecule is CCCCCCCN(Cc1ccc(OC)c(OC)c1)C(=O)CN1CC(c2ccc3c(c2)OCO3)C(C(=O)O)C1c1ccc(OC)cc1. The van der Waals surface area contributed by atoms with Crippen molar-refractivity contribution in [1.29, 1.82) is 0 Å². The van der Waals surface area contributed by atoms with Crippen LogP contribution in [0.3, 0.4) is 0 Å². The maximum absolute atomic E-state index is 14.3. The number of rotatable bonds is 16. The first-order chi connectivity index (χ1) is 22.9. The third kappa shape index (κ3) is 7.93. The molecular formula is C37H46N2O8. The lowest BCUT2D eigenvalue weighted by atomic mass is 9.82. The zero-order valence-corrected chi connectivity index (χ0v) is 27.8. The smallest absolute Gasteiger partial charge is 0.309 e. The van der Waals surface area contributed by atoms with Crippen LogP contribution in [0.15, 0.2) is 60.7 Å². The van der Waals surface area contributed by atoms with Crippen molar-refractivity contribution < 1.29 is 38.4 Å². The molecule has 10 nitrogen and oxygen atoms in total. The molecule has 2 aliphatic rings. The number of carbonyl (C=O) groups excluding carboxylic acids is 1. The molecule has 0 radical (unpaired) electrons. The Morgan fingerprint density at radius 3 is 2.28 bits per heavy atom. The molecule has 1 fully saturated rings. The Bertz CT molecular complexity index is 1510. The quantitative estimate of drug-likeness (QED) is 0.180. The minimum absolute atomic E-state index is 0.0516. The third-order valence-electron chi connectivity index (χ3n) is 9.21. The van der Waals surface area contributed by atoms with Gasteiger partial charge in [-0.25, -0.2) is 0 Å². The first-order valence-corrected chi connectivity index (χ1v) is 16.4. The van der Waals surface area contributed by atoms with E-state index in [4.69, 9.17) is 23.7 Å². The summed E-state index contributed by atoms with van der Waals surface area (Å²) in [6, 6.07) is 18.2. The molecule has 0 bridgehead atoms. The van der Waals surface area contributed by atoms with E-state index in [-0.39, 0.29) is 25.2 Å². The first-order valence-electron chi connectivity index (χ1n) is 16.4. The number of aliphatic carboxylic acids is 1. The second-order valence-electron chi connectivity index (χ2n) is 12.1. The third-order valence-corrected chi connectivity index (χ3v) is 9.21. The maximum atomic E-state index is 14.3. The van der Waals surface area contributed by atoms with Crippen LogP contribution in [-0.4, -0.2) is 74.5 Å². The molecule has 1 N–H and O–H groups in total. The van der Waals surface area contributed by atoms with Crippen molar-refractivity contribution in [3.63, 3.8) is 0 Å². The molecule has 1 amide bonds. The van der Waals surface area contributed by atoms with Gasteiger partial charge in [0.15, 0.2) is 23.0 Å². The average molecular weight is 647 g/mol. The van der Waals surface area contributed by atoms with E-state index in [9.17, 15) is 14.7 Å². The van der Waals surface area contributed by atoms with Crippen molar-refractivity contribution in [2.75, 3.05) is 47.8 Å². The monoisotopic (exact) mass is 646 g/mol. The van der Waals surface area contributed by atoms with Gasteiger partial charge in [0.05, 0.1) is 33.8 Å². The van der Waals surface area contributed by atoms with Crippen LogP contribution < -0.4 is 23.7 Å². The van der Waals surface area contributed by atoms with E-state index in [0.717, 1.165) is 42.4 Å². The molecule has 3 aromatic carbocycles. The van der Waals surface area contributed by atoms with Gasteiger partial charge in [0.1, 0.15) is 5.75 Å². The van der Waals surface area contributed by atoms with Crippen LogP contribution in [0, 0.1) is 5.92 Å². The number of benzene rings is 3. The summed E-state index contributed by atoms with van der Waals surface area (Å²) in [7, 11) is 4.79. The summed E-state index contributed by atoms with van der Waals surface area (Å²) in [5.41, 5.74) is 2.59. The van der Waals surface area contributed by atoms with Gasteiger partial charge < -0.3 is 33.7 Å². The Hall–Kier alpha value is -4.44. The van der Waals surface area contributed by atoms with Gasteiger partial charge in [0, 0.05) is 31.6 Å². The van der Waals surface area contributed by atoms with E-state index in [1.165, 1.54) is 6.42 Å². The molecular weight excluding hydrogens is 600 g/mol. The molecule has 252 valence electrons. The van der Waals surface area contributed by atoms with E-state index in [1.54, 1.807) is 21.3 Å². The van der Waals surface area contributed by atoms with Crippen LogP contribution in [0.5, 0.6) is 28.7 Å². The Morgan fingerprint density at radius 2 is 1.57 bits per heavy atom. The van der Waals surface area contributed by atoms with Gasteiger partial charge in [0.25, 0.3) is 0 Å². The van der Waals surface area contributed by atoms with Gasteiger partial charge in [-0.1, -0.05) is 56.9 Å². The van der Waals surface area contributed by atoms with E-state index in [0.29, 0.717) is 48.4 Å². The number of carbonyl (C=O) groups is 2. The molecule has 2 aliphatic heterocycles. The van der Waals surface area contributed by atoms with Crippen molar-refractivity contribution in [2.24, 2.45) is 5.92 Å². The van der Waals surface area contributed by atoms with E-state index < -0.39 is 17.9 Å². The van der Waals surface area contributed by atoms with Crippen molar-refractivity contribution in [3.05, 3.63) is 77.4 Å². The Kier molecular flexibility index (Phi) is 11.5. The molecule has 47 heavy (non-hydrogen) atoms. The van der Waals surface area contributed by atoms with E-state index in [2.05, 4.69) is 6.92 Å². The highest BCUT2D eigenvalue weighted by molar-refractivity contribution is 5.79. The highest BCUT2D eigenvalue weighted by Gasteiger charge is 2.48. The van der Waals surface area contributed by atoms with Crippen LogP contribution in [0.25, 0.3) is 0 Å². The Labute approximate surface area is 277 Å². The predicted octanol–water partition coefficient (Wildman–Crippen LogP) is 6.28. The van der Waals surface area contributed by atoms with E-state index >= 15 is 0 Å². The number of unbranched alkanes of at least 4 members (excludes halogenated alkanes) is 4. The molecule has 0 aromatic heterocycles. The number of fused-ring (bicyclic) bond motifs is 1. The molecule has 0 saturated carbocycles. The Morgan fingerprint density at radius 1 is 0.851 bits per heavy atom. The highest BCUT2D eigenvalue weighted by Crippen LogP contribution is 2.48. The fraction of sp³-hybridized carbons (Fsp3) is 0.459. The van der Waals surface area contributed by atoms with Gasteiger partial charge in [0.2, 0.25) is 12.7 Å². The molecule has 3 atom stereocenters. The van der Waals surface area contributed by atoms with Crippen molar-refractivity contribution >= 4 is 11.9 Å². The molecule has 1 saturated heterocycles. The number of hydrogen-bond donors (Lipinski definition) is 1. The first kappa shape index (κ1) is 33.9. The largest absolute Gasteiger partial charge is 0.497 e. The van der Waals surface area contributed by atoms with Crippen molar-refractivity contribution in [2.45, 2.75) is 57.5 Å². The fourth-order valence-electron chi connectivity index (χ4n) is 6.74. The van der Waals surface area contributed by atoms with Crippen LogP contribution in [0.2, 0.25) is 0 Å². The van der Waals surface area contributed by atoms with E-state index in [1.807, 2.05) is 70.5 Å². The van der Waals surface area contributed by atoms with Gasteiger partial charge in [-0.2, -0.15) is 0 Å². The van der Waals surface area contributed by atoms with Crippen LogP contribution in [0.4, 0.5) is 0 Å². The summed E-state index contributed by atoms with van der Waals surface area (Å²) in [5, 5.41) is 10.7. The Balaban J connectivity index is 1.44. The van der Waals surface area contributed by atoms with Gasteiger partial charge in [-0.05, 0) is 59.5 Å². The highest BCUT2D eigenvalue weighted by atomic mass is 16.7. The second-order valence-corrected chi connectivity index (χ2v) is 12.1. The molecule has 0 aliphatic carbocycles. The molecule has 2 heterocycles. The second kappa shape index (κ2) is 15.9. The number of likely N-dealkylation sites (tertiary alicyclic amines) is 1.